The highest BCUT2D eigenvalue weighted by Crippen LogP contribution is 1.79. The molecule has 0 bridgehead atoms. The smallest absolute Gasteiger partial charge is 0.291 e. The first kappa shape index (κ1) is 11.9. The first-order chi connectivity index (χ1) is 4.37. The molecule has 0 amide bonds. The number of aliphatic hydroxyl groups is 1. The molecule has 0 heterocycles. The molecule has 0 aliphatic carbocycles. The van der Waals surface area contributed by atoms with E-state index in [0.29, 0.717) is 0 Å². The number of nitrogens with zero attached hydrogens (tertiary/aromatic N) is 2. The molecular formula is C4H12N2O4. The highest BCUT2D eigenvalue weighted by atomic mass is 16.9. The van der Waals surface area contributed by atoms with Crippen molar-refractivity contribution in [2.24, 2.45) is 0 Å². The molecule has 0 aliphatic rings. The molecule has 0 aromatic heterocycles. The summed E-state index contributed by atoms with van der Waals surface area (Å²) in [6, 6.07) is 0. The predicted molar refractivity (Wildman–Crippen MR) is 34.1 cm³/mol. The van der Waals surface area contributed by atoms with Crippen LogP contribution in [0, 0.1) is 10.1 Å². The standard InChI is InChI=1S/C4H11NO.HNO3/c1-4(6)5(2)3;2-1(3)4/h4,6H,1-3H3;(H,2,3,4). The number of hydrogen-bond acceptors (Lipinski definition) is 4. The Hall–Kier alpha value is -0.880. The van der Waals surface area contributed by atoms with Crippen molar-refractivity contribution in [2.45, 2.75) is 13.2 Å². The summed E-state index contributed by atoms with van der Waals surface area (Å²) in [6.07, 6.45) is -0.315. The van der Waals surface area contributed by atoms with Gasteiger partial charge in [0.1, 0.15) is 6.23 Å². The molecule has 10 heavy (non-hydrogen) atoms. The molecule has 0 fully saturated rings. The quantitative estimate of drug-likeness (QED) is 0.301. The van der Waals surface area contributed by atoms with Crippen LogP contribution in [-0.4, -0.2) is 40.6 Å². The summed E-state index contributed by atoms with van der Waals surface area (Å²) in [7, 11) is 3.65. The molecule has 62 valence electrons. The van der Waals surface area contributed by atoms with Gasteiger partial charge in [-0.3, -0.25) is 4.90 Å². The second-order valence-corrected chi connectivity index (χ2v) is 1.83. The van der Waals surface area contributed by atoms with Gasteiger partial charge in [0.25, 0.3) is 5.09 Å². The molecule has 0 rings (SSSR count). The highest BCUT2D eigenvalue weighted by Gasteiger charge is 1.92. The number of hydrogen-bond donors (Lipinski definition) is 2. The Balaban J connectivity index is 0. The minimum absolute atomic E-state index is 0.315. The zero-order valence-corrected chi connectivity index (χ0v) is 6.18. The van der Waals surface area contributed by atoms with Gasteiger partial charge in [0.2, 0.25) is 0 Å². The van der Waals surface area contributed by atoms with E-state index in [4.69, 9.17) is 20.4 Å². The van der Waals surface area contributed by atoms with Crippen molar-refractivity contribution in [2.75, 3.05) is 14.1 Å². The van der Waals surface area contributed by atoms with Crippen LogP contribution < -0.4 is 0 Å². The zero-order chi connectivity index (χ0) is 8.73. The fraction of sp³-hybridized carbons (Fsp3) is 1.00. The lowest BCUT2D eigenvalue weighted by atomic mass is 10.6. The molecule has 2 N–H and O–H groups in total. The molecule has 0 saturated carbocycles. The first-order valence-corrected chi connectivity index (χ1v) is 2.55. The van der Waals surface area contributed by atoms with Crippen LogP contribution in [0.1, 0.15) is 6.92 Å². The first-order valence-electron chi connectivity index (χ1n) is 2.55. The summed E-state index contributed by atoms with van der Waals surface area (Å²) < 4.78 is 0. The minimum Gasteiger partial charge on any atom is -0.379 e. The lowest BCUT2D eigenvalue weighted by Crippen LogP contribution is -2.23. The molecule has 0 aromatic carbocycles. The van der Waals surface area contributed by atoms with Crippen LogP contribution in [-0.2, 0) is 0 Å². The minimum atomic E-state index is -1.50. The Bertz CT molecular complexity index is 83.3. The molecule has 0 spiro atoms. The Kier molecular flexibility index (Phi) is 7.41. The maximum Gasteiger partial charge on any atom is 0.291 e. The van der Waals surface area contributed by atoms with Crippen LogP contribution in [0.5, 0.6) is 0 Å². The van der Waals surface area contributed by atoms with Crippen molar-refractivity contribution in [1.29, 1.82) is 0 Å². The van der Waals surface area contributed by atoms with Crippen molar-refractivity contribution < 1.29 is 15.4 Å². The van der Waals surface area contributed by atoms with E-state index in [0.717, 1.165) is 0 Å². The molecule has 0 aromatic rings. The van der Waals surface area contributed by atoms with Gasteiger partial charge in [0.15, 0.2) is 0 Å². The topological polar surface area (TPSA) is 86.8 Å². The Morgan fingerprint density at radius 1 is 1.60 bits per heavy atom. The van der Waals surface area contributed by atoms with Gasteiger partial charge in [0.05, 0.1) is 0 Å². The fourth-order valence-electron chi connectivity index (χ4n) is 0. The summed E-state index contributed by atoms with van der Waals surface area (Å²) in [6.45, 7) is 1.72. The monoisotopic (exact) mass is 152 g/mol. The van der Waals surface area contributed by atoms with E-state index in [1.54, 1.807) is 11.8 Å². The predicted octanol–water partition coefficient (Wildman–Crippen LogP) is -0.461. The van der Waals surface area contributed by atoms with E-state index < -0.39 is 5.09 Å². The SMILES string of the molecule is CC(O)N(C)C.O=[N+]([O-])O. The van der Waals surface area contributed by atoms with Crippen LogP contribution in [0.25, 0.3) is 0 Å². The normalized spacial score (nSPS) is 11.7. The van der Waals surface area contributed by atoms with E-state index in [2.05, 4.69) is 0 Å². The number of aliphatic hydroxyl groups excluding tert-OH is 1. The molecule has 0 radical (unpaired) electrons. The van der Waals surface area contributed by atoms with Gasteiger partial charge in [-0.25, -0.2) is 0 Å². The van der Waals surface area contributed by atoms with Crippen LogP contribution in [0.4, 0.5) is 0 Å². The average Bonchev–Trinajstić information content (AvgIpc) is 1.63. The molecule has 1 unspecified atom stereocenters. The third-order valence-electron chi connectivity index (χ3n) is 0.747. The second-order valence-electron chi connectivity index (χ2n) is 1.83. The summed E-state index contributed by atoms with van der Waals surface area (Å²) in [5.41, 5.74) is 0. The van der Waals surface area contributed by atoms with Crippen LogP contribution in [0.15, 0.2) is 0 Å². The van der Waals surface area contributed by atoms with E-state index in [1.807, 2.05) is 14.1 Å². The highest BCUT2D eigenvalue weighted by molar-refractivity contribution is 4.35. The van der Waals surface area contributed by atoms with E-state index >= 15 is 0 Å². The van der Waals surface area contributed by atoms with E-state index in [9.17, 15) is 0 Å². The van der Waals surface area contributed by atoms with Crippen LogP contribution >= 0.6 is 0 Å². The van der Waals surface area contributed by atoms with Crippen molar-refractivity contribution in [3.63, 3.8) is 0 Å². The molecule has 6 nitrogen and oxygen atoms in total. The fourth-order valence-corrected chi connectivity index (χ4v) is 0. The van der Waals surface area contributed by atoms with Crippen molar-refractivity contribution in [1.82, 2.24) is 4.90 Å². The molecule has 0 aliphatic heterocycles. The van der Waals surface area contributed by atoms with Gasteiger partial charge in [0, 0.05) is 0 Å². The summed E-state index contributed by atoms with van der Waals surface area (Å²) >= 11 is 0. The largest absolute Gasteiger partial charge is 0.379 e. The van der Waals surface area contributed by atoms with Gasteiger partial charge < -0.3 is 10.3 Å². The lowest BCUT2D eigenvalue weighted by molar-refractivity contribution is -0.742. The molecule has 0 saturated heterocycles. The van der Waals surface area contributed by atoms with Crippen molar-refractivity contribution in [3.8, 4) is 0 Å². The van der Waals surface area contributed by atoms with E-state index in [-0.39, 0.29) is 6.23 Å². The second kappa shape index (κ2) is 6.24. The van der Waals surface area contributed by atoms with Crippen LogP contribution in [0.2, 0.25) is 0 Å². The van der Waals surface area contributed by atoms with Gasteiger partial charge >= 0.3 is 0 Å². The summed E-state index contributed by atoms with van der Waals surface area (Å²) in [5.74, 6) is 0. The lowest BCUT2D eigenvalue weighted by Gasteiger charge is -2.11. The van der Waals surface area contributed by atoms with Crippen molar-refractivity contribution in [3.05, 3.63) is 10.1 Å². The van der Waals surface area contributed by atoms with E-state index in [1.165, 1.54) is 0 Å². The maximum atomic E-state index is 8.56. The van der Waals surface area contributed by atoms with Gasteiger partial charge in [-0.05, 0) is 21.0 Å². The third kappa shape index (κ3) is 27.4. The van der Waals surface area contributed by atoms with Gasteiger partial charge in [-0.1, -0.05) is 0 Å². The van der Waals surface area contributed by atoms with Gasteiger partial charge in [-0.2, -0.15) is 0 Å². The average molecular weight is 152 g/mol. The Morgan fingerprint density at radius 3 is 1.70 bits per heavy atom. The summed E-state index contributed by atoms with van der Waals surface area (Å²) in [5, 5.41) is 22.2. The Labute approximate surface area is 58.8 Å². The third-order valence-corrected chi connectivity index (χ3v) is 0.747. The zero-order valence-electron chi connectivity index (χ0n) is 6.18. The maximum absolute atomic E-state index is 8.56. The molecule has 6 heteroatoms. The van der Waals surface area contributed by atoms with Crippen LogP contribution in [0.3, 0.4) is 0 Å². The van der Waals surface area contributed by atoms with Crippen molar-refractivity contribution >= 4 is 0 Å². The molecule has 1 atom stereocenters. The Morgan fingerprint density at radius 2 is 1.70 bits per heavy atom. The van der Waals surface area contributed by atoms with Gasteiger partial charge in [-0.15, -0.1) is 10.1 Å². The summed E-state index contributed by atoms with van der Waals surface area (Å²) in [4.78, 5) is 10.1. The molecular weight excluding hydrogens is 140 g/mol. The number of rotatable bonds is 1.